The SMILES string of the molecule is C.CCCCOCN1CCC(CCC)CC1. The van der Waals surface area contributed by atoms with Crippen LogP contribution in [0.2, 0.25) is 0 Å². The molecule has 1 heterocycles. The van der Waals surface area contributed by atoms with Gasteiger partial charge in [0.2, 0.25) is 0 Å². The van der Waals surface area contributed by atoms with Gasteiger partial charge in [-0.15, -0.1) is 0 Å². The molecule has 0 saturated carbocycles. The molecular formula is C14H31NO. The summed E-state index contributed by atoms with van der Waals surface area (Å²) >= 11 is 0. The Morgan fingerprint density at radius 2 is 1.81 bits per heavy atom. The third kappa shape index (κ3) is 6.49. The van der Waals surface area contributed by atoms with Gasteiger partial charge < -0.3 is 4.74 Å². The Hall–Kier alpha value is -0.0800. The first-order chi connectivity index (χ1) is 7.36. The van der Waals surface area contributed by atoms with Crippen LogP contribution in [0, 0.1) is 5.92 Å². The fraction of sp³-hybridized carbons (Fsp3) is 1.00. The number of hydrogen-bond acceptors (Lipinski definition) is 2. The lowest BCUT2D eigenvalue weighted by Gasteiger charge is -2.31. The van der Waals surface area contributed by atoms with Crippen molar-refractivity contribution in [1.82, 2.24) is 4.90 Å². The van der Waals surface area contributed by atoms with E-state index >= 15 is 0 Å². The lowest BCUT2D eigenvalue weighted by atomic mass is 9.93. The van der Waals surface area contributed by atoms with E-state index in [1.807, 2.05) is 0 Å². The minimum Gasteiger partial charge on any atom is -0.366 e. The largest absolute Gasteiger partial charge is 0.366 e. The van der Waals surface area contributed by atoms with Crippen LogP contribution in [0.1, 0.15) is 59.8 Å². The Labute approximate surface area is 102 Å². The fourth-order valence-electron chi connectivity index (χ4n) is 2.25. The lowest BCUT2D eigenvalue weighted by Crippen LogP contribution is -2.35. The van der Waals surface area contributed by atoms with Gasteiger partial charge >= 0.3 is 0 Å². The molecule has 2 heteroatoms. The first kappa shape index (κ1) is 15.9. The van der Waals surface area contributed by atoms with Crippen molar-refractivity contribution in [3.05, 3.63) is 0 Å². The lowest BCUT2D eigenvalue weighted by molar-refractivity contribution is 0.00908. The molecular weight excluding hydrogens is 198 g/mol. The molecule has 0 radical (unpaired) electrons. The van der Waals surface area contributed by atoms with Gasteiger partial charge in [0, 0.05) is 19.7 Å². The molecule has 1 rings (SSSR count). The van der Waals surface area contributed by atoms with Crippen LogP contribution in [0.3, 0.4) is 0 Å². The van der Waals surface area contributed by atoms with E-state index in [-0.39, 0.29) is 7.43 Å². The first-order valence-corrected chi connectivity index (χ1v) is 6.66. The molecule has 0 aromatic heterocycles. The molecule has 98 valence electrons. The van der Waals surface area contributed by atoms with Crippen molar-refractivity contribution in [2.75, 3.05) is 26.4 Å². The maximum absolute atomic E-state index is 5.63. The van der Waals surface area contributed by atoms with Crippen LogP contribution in [-0.2, 0) is 4.74 Å². The summed E-state index contributed by atoms with van der Waals surface area (Å²) in [7, 11) is 0. The monoisotopic (exact) mass is 229 g/mol. The predicted molar refractivity (Wildman–Crippen MR) is 71.7 cm³/mol. The Morgan fingerprint density at radius 3 is 2.38 bits per heavy atom. The van der Waals surface area contributed by atoms with E-state index in [4.69, 9.17) is 4.74 Å². The van der Waals surface area contributed by atoms with Crippen LogP contribution in [0.25, 0.3) is 0 Å². The van der Waals surface area contributed by atoms with Crippen molar-refractivity contribution in [2.45, 2.75) is 59.8 Å². The van der Waals surface area contributed by atoms with Gasteiger partial charge in [0.25, 0.3) is 0 Å². The molecule has 16 heavy (non-hydrogen) atoms. The summed E-state index contributed by atoms with van der Waals surface area (Å²) in [6.07, 6.45) is 7.96. The van der Waals surface area contributed by atoms with Crippen molar-refractivity contribution >= 4 is 0 Å². The smallest absolute Gasteiger partial charge is 0.0990 e. The van der Waals surface area contributed by atoms with Crippen LogP contribution in [-0.4, -0.2) is 31.3 Å². The average Bonchev–Trinajstić information content (AvgIpc) is 2.27. The number of unbranched alkanes of at least 4 members (excludes halogenated alkanes) is 1. The summed E-state index contributed by atoms with van der Waals surface area (Å²) in [6.45, 7) is 8.79. The standard InChI is InChI=1S/C13H27NO.CH4/c1-3-5-11-15-12-14-9-7-13(6-4-2)8-10-14;/h13H,3-12H2,1-2H3;1H4. The summed E-state index contributed by atoms with van der Waals surface area (Å²) in [4.78, 5) is 2.46. The van der Waals surface area contributed by atoms with E-state index in [1.54, 1.807) is 0 Å². The molecule has 0 amide bonds. The third-order valence-corrected chi connectivity index (χ3v) is 3.32. The van der Waals surface area contributed by atoms with Gasteiger partial charge in [-0.1, -0.05) is 40.5 Å². The van der Waals surface area contributed by atoms with E-state index < -0.39 is 0 Å². The third-order valence-electron chi connectivity index (χ3n) is 3.32. The van der Waals surface area contributed by atoms with E-state index in [1.165, 1.54) is 51.6 Å². The first-order valence-electron chi connectivity index (χ1n) is 6.66. The second-order valence-corrected chi connectivity index (χ2v) is 4.74. The molecule has 0 unspecified atom stereocenters. The zero-order valence-corrected chi connectivity index (χ0v) is 10.5. The van der Waals surface area contributed by atoms with Crippen LogP contribution in [0.5, 0.6) is 0 Å². The molecule has 0 atom stereocenters. The van der Waals surface area contributed by atoms with Gasteiger partial charge in [0.05, 0.1) is 6.73 Å². The van der Waals surface area contributed by atoms with Crippen molar-refractivity contribution < 1.29 is 4.74 Å². The predicted octanol–water partition coefficient (Wildman–Crippen LogP) is 3.91. The van der Waals surface area contributed by atoms with Gasteiger partial charge in [-0.25, -0.2) is 0 Å². The fourth-order valence-corrected chi connectivity index (χ4v) is 2.25. The number of piperidine rings is 1. The van der Waals surface area contributed by atoms with Crippen molar-refractivity contribution in [2.24, 2.45) is 5.92 Å². The normalized spacial score (nSPS) is 18.4. The average molecular weight is 229 g/mol. The summed E-state index contributed by atoms with van der Waals surface area (Å²) in [5.41, 5.74) is 0. The minimum atomic E-state index is 0. The van der Waals surface area contributed by atoms with E-state index in [9.17, 15) is 0 Å². The molecule has 2 nitrogen and oxygen atoms in total. The van der Waals surface area contributed by atoms with Gasteiger partial charge in [0.15, 0.2) is 0 Å². The summed E-state index contributed by atoms with van der Waals surface area (Å²) < 4.78 is 5.63. The molecule has 1 aliphatic heterocycles. The highest BCUT2D eigenvalue weighted by molar-refractivity contribution is 4.70. The zero-order chi connectivity index (χ0) is 10.9. The second kappa shape index (κ2) is 10.1. The van der Waals surface area contributed by atoms with Crippen LogP contribution in [0.4, 0.5) is 0 Å². The minimum absolute atomic E-state index is 0. The summed E-state index contributed by atoms with van der Waals surface area (Å²) in [5.74, 6) is 0.988. The molecule has 0 aromatic carbocycles. The Kier molecular flexibility index (Phi) is 10.0. The van der Waals surface area contributed by atoms with Crippen molar-refractivity contribution in [3.63, 3.8) is 0 Å². The van der Waals surface area contributed by atoms with Gasteiger partial charge in [0.1, 0.15) is 0 Å². The Bertz CT molecular complexity index is 139. The van der Waals surface area contributed by atoms with Gasteiger partial charge in [-0.05, 0) is 25.2 Å². The highest BCUT2D eigenvalue weighted by Crippen LogP contribution is 2.21. The second-order valence-electron chi connectivity index (χ2n) is 4.74. The Morgan fingerprint density at radius 1 is 1.12 bits per heavy atom. The highest BCUT2D eigenvalue weighted by Gasteiger charge is 2.17. The maximum atomic E-state index is 5.63. The molecule has 0 N–H and O–H groups in total. The molecule has 0 aromatic rings. The van der Waals surface area contributed by atoms with E-state index in [0.717, 1.165) is 19.3 Å². The molecule has 1 aliphatic rings. The van der Waals surface area contributed by atoms with Crippen molar-refractivity contribution in [1.29, 1.82) is 0 Å². The topological polar surface area (TPSA) is 12.5 Å². The zero-order valence-electron chi connectivity index (χ0n) is 10.5. The molecule has 0 spiro atoms. The van der Waals surface area contributed by atoms with Crippen LogP contribution < -0.4 is 0 Å². The van der Waals surface area contributed by atoms with Gasteiger partial charge in [-0.2, -0.15) is 0 Å². The number of nitrogens with zero attached hydrogens (tertiary/aromatic N) is 1. The molecule has 1 fully saturated rings. The Balaban J connectivity index is 0.00000225. The van der Waals surface area contributed by atoms with Crippen LogP contribution in [0.15, 0.2) is 0 Å². The number of rotatable bonds is 7. The highest BCUT2D eigenvalue weighted by atomic mass is 16.5. The number of ether oxygens (including phenoxy) is 1. The summed E-state index contributed by atoms with van der Waals surface area (Å²) in [6, 6.07) is 0. The quantitative estimate of drug-likeness (QED) is 0.614. The maximum Gasteiger partial charge on any atom is 0.0990 e. The molecule has 1 saturated heterocycles. The van der Waals surface area contributed by atoms with E-state index in [2.05, 4.69) is 18.7 Å². The molecule has 0 aliphatic carbocycles. The molecule has 0 bridgehead atoms. The van der Waals surface area contributed by atoms with Crippen LogP contribution >= 0.6 is 0 Å². The van der Waals surface area contributed by atoms with Crippen molar-refractivity contribution in [3.8, 4) is 0 Å². The summed E-state index contributed by atoms with van der Waals surface area (Å²) in [5, 5.41) is 0. The number of likely N-dealkylation sites (tertiary alicyclic amines) is 1. The van der Waals surface area contributed by atoms with Gasteiger partial charge in [-0.3, -0.25) is 4.90 Å². The van der Waals surface area contributed by atoms with E-state index in [0.29, 0.717) is 0 Å². The number of hydrogen-bond donors (Lipinski definition) is 0.